The van der Waals surface area contributed by atoms with Crippen molar-refractivity contribution in [3.05, 3.63) is 24.3 Å². The molecule has 1 aliphatic rings. The topological polar surface area (TPSA) is 169 Å². The Morgan fingerprint density at radius 3 is 1.98 bits per heavy atom. The molecule has 0 heterocycles. The number of aliphatic hydroxyl groups excluding tert-OH is 2. The van der Waals surface area contributed by atoms with Crippen LogP contribution in [0.15, 0.2) is 24.3 Å². The summed E-state index contributed by atoms with van der Waals surface area (Å²) >= 11 is 0. The SMILES string of the molecule is CCCCCCCCCCCCCCCCC(=O)OC[C@H](COP(=O)([O-])OCC[N+](C)(C)C)OC(=O)CCC/C=C\C[C@H]1C(=O)C[C@@H](O)[C@@H]1/C=C/[C@@H](O)CCCCC. The average molecular weight is 844 g/mol. The number of phosphoric acid groups is 1. The van der Waals surface area contributed by atoms with Gasteiger partial charge in [-0.05, 0) is 32.1 Å². The number of ketones is 1. The van der Waals surface area contributed by atoms with Gasteiger partial charge in [-0.25, -0.2) is 0 Å². The number of Topliss-reactive ketones (excluding diaryl/α,β-unsaturated/α-hetero) is 1. The molecule has 0 amide bonds. The first kappa shape index (κ1) is 54.1. The van der Waals surface area contributed by atoms with Gasteiger partial charge in [0, 0.05) is 31.1 Å². The average Bonchev–Trinajstić information content (AvgIpc) is 3.43. The molecule has 1 rings (SSSR count). The van der Waals surface area contributed by atoms with Crippen molar-refractivity contribution in [1.82, 2.24) is 0 Å². The van der Waals surface area contributed by atoms with Gasteiger partial charge in [0.1, 0.15) is 25.5 Å². The molecule has 0 bridgehead atoms. The van der Waals surface area contributed by atoms with Gasteiger partial charge in [0.15, 0.2) is 6.10 Å². The van der Waals surface area contributed by atoms with Crippen LogP contribution in [-0.2, 0) is 37.5 Å². The van der Waals surface area contributed by atoms with E-state index in [1.165, 1.54) is 64.2 Å². The highest BCUT2D eigenvalue weighted by Crippen LogP contribution is 2.38. The van der Waals surface area contributed by atoms with Crippen LogP contribution in [0.25, 0.3) is 0 Å². The van der Waals surface area contributed by atoms with E-state index in [-0.39, 0.29) is 50.1 Å². The molecule has 0 aliphatic heterocycles. The summed E-state index contributed by atoms with van der Waals surface area (Å²) in [5.41, 5.74) is 0. The molecule has 0 saturated heterocycles. The van der Waals surface area contributed by atoms with Gasteiger partial charge in [-0.1, -0.05) is 141 Å². The van der Waals surface area contributed by atoms with E-state index in [1.807, 2.05) is 33.3 Å². The molecule has 1 unspecified atom stereocenters. The van der Waals surface area contributed by atoms with Crippen molar-refractivity contribution in [2.75, 3.05) is 47.5 Å². The molecule has 1 aliphatic carbocycles. The Bertz CT molecular complexity index is 1200. The number of ether oxygens (including phenoxy) is 2. The first-order chi connectivity index (χ1) is 27.7. The predicted octanol–water partition coefficient (Wildman–Crippen LogP) is 8.70. The number of aliphatic hydroxyl groups is 2. The summed E-state index contributed by atoms with van der Waals surface area (Å²) < 4.78 is 33.8. The fourth-order valence-electron chi connectivity index (χ4n) is 6.93. The van der Waals surface area contributed by atoms with Crippen molar-refractivity contribution in [3.63, 3.8) is 0 Å². The van der Waals surface area contributed by atoms with Crippen LogP contribution < -0.4 is 4.89 Å². The second kappa shape index (κ2) is 32.8. The minimum Gasteiger partial charge on any atom is -0.756 e. The molecule has 338 valence electrons. The molecule has 12 nitrogen and oxygen atoms in total. The summed E-state index contributed by atoms with van der Waals surface area (Å²) in [4.78, 5) is 50.3. The Labute approximate surface area is 351 Å². The summed E-state index contributed by atoms with van der Waals surface area (Å²) in [6.07, 6.45) is 27.1. The smallest absolute Gasteiger partial charge is 0.306 e. The van der Waals surface area contributed by atoms with Crippen molar-refractivity contribution in [1.29, 1.82) is 0 Å². The number of likely N-dealkylation sites (N-methyl/N-ethyl adjacent to an activating group) is 1. The van der Waals surface area contributed by atoms with Crippen LogP contribution in [0.1, 0.15) is 168 Å². The summed E-state index contributed by atoms with van der Waals surface area (Å²) in [6.45, 7) is 3.81. The Kier molecular flexibility index (Phi) is 30.6. The maximum Gasteiger partial charge on any atom is 0.306 e. The molecular formula is C45H82NO11P. The minimum absolute atomic E-state index is 0.00852. The second-order valence-electron chi connectivity index (χ2n) is 17.2. The van der Waals surface area contributed by atoms with E-state index in [1.54, 1.807) is 12.2 Å². The maximum absolute atomic E-state index is 12.8. The third-order valence-electron chi connectivity index (χ3n) is 10.6. The zero-order chi connectivity index (χ0) is 43.1. The molecule has 2 N–H and O–H groups in total. The number of hydrogen-bond acceptors (Lipinski definition) is 11. The molecule has 0 aromatic rings. The Hall–Kier alpha value is -1.92. The molecule has 13 heteroatoms. The van der Waals surface area contributed by atoms with E-state index in [2.05, 4.69) is 13.8 Å². The van der Waals surface area contributed by atoms with Crippen molar-refractivity contribution >= 4 is 25.5 Å². The van der Waals surface area contributed by atoms with E-state index < -0.39 is 44.7 Å². The van der Waals surface area contributed by atoms with E-state index in [0.717, 1.165) is 38.5 Å². The lowest BCUT2D eigenvalue weighted by Gasteiger charge is -2.28. The third-order valence-corrected chi connectivity index (χ3v) is 11.6. The summed E-state index contributed by atoms with van der Waals surface area (Å²) in [7, 11) is 1.00. The quantitative estimate of drug-likeness (QED) is 0.0202. The predicted molar refractivity (Wildman–Crippen MR) is 228 cm³/mol. The molecule has 0 aromatic carbocycles. The van der Waals surface area contributed by atoms with Gasteiger partial charge in [0.25, 0.3) is 7.82 Å². The maximum atomic E-state index is 12.8. The number of allylic oxidation sites excluding steroid dienone is 2. The highest BCUT2D eigenvalue weighted by molar-refractivity contribution is 7.45. The van der Waals surface area contributed by atoms with Crippen molar-refractivity contribution in [3.8, 4) is 0 Å². The first-order valence-electron chi connectivity index (χ1n) is 22.6. The number of carbonyl (C=O) groups excluding carboxylic acids is 3. The van der Waals surface area contributed by atoms with E-state index >= 15 is 0 Å². The zero-order valence-electron chi connectivity index (χ0n) is 37.0. The lowest BCUT2D eigenvalue weighted by atomic mass is 9.90. The number of esters is 2. The van der Waals surface area contributed by atoms with Gasteiger partial charge in [0.05, 0.1) is 40.0 Å². The summed E-state index contributed by atoms with van der Waals surface area (Å²) in [6, 6.07) is 0. The summed E-state index contributed by atoms with van der Waals surface area (Å²) in [5, 5.41) is 20.7. The van der Waals surface area contributed by atoms with Crippen molar-refractivity contribution in [2.45, 2.75) is 186 Å². The number of phosphoric ester groups is 1. The normalized spacial score (nSPS) is 19.5. The molecule has 0 radical (unpaired) electrons. The summed E-state index contributed by atoms with van der Waals surface area (Å²) in [5.74, 6) is -1.77. The van der Waals surface area contributed by atoms with Gasteiger partial charge in [-0.2, -0.15) is 0 Å². The lowest BCUT2D eigenvalue weighted by Crippen LogP contribution is -2.37. The van der Waals surface area contributed by atoms with Crippen molar-refractivity contribution in [2.24, 2.45) is 11.8 Å². The minimum atomic E-state index is -4.70. The molecule has 0 aromatic heterocycles. The monoisotopic (exact) mass is 844 g/mol. The highest BCUT2D eigenvalue weighted by atomic mass is 31.2. The lowest BCUT2D eigenvalue weighted by molar-refractivity contribution is -0.870. The van der Waals surface area contributed by atoms with E-state index in [4.69, 9.17) is 18.5 Å². The van der Waals surface area contributed by atoms with Crippen LogP contribution in [0.5, 0.6) is 0 Å². The van der Waals surface area contributed by atoms with Crippen LogP contribution in [0.4, 0.5) is 0 Å². The third kappa shape index (κ3) is 29.3. The Morgan fingerprint density at radius 1 is 0.810 bits per heavy atom. The van der Waals surface area contributed by atoms with Gasteiger partial charge >= 0.3 is 11.9 Å². The van der Waals surface area contributed by atoms with Crippen LogP contribution >= 0.6 is 7.82 Å². The molecular weight excluding hydrogens is 761 g/mol. The largest absolute Gasteiger partial charge is 0.756 e. The number of rotatable bonds is 37. The van der Waals surface area contributed by atoms with Crippen LogP contribution in [0.3, 0.4) is 0 Å². The number of hydrogen-bond donors (Lipinski definition) is 2. The standard InChI is InChI=1S/C45H82NO11P/c1-6-8-10-11-12-13-14-15-16-17-18-19-20-25-29-44(50)54-36-39(37-56-58(52,53)55-34-33-46(3,4)5)57-45(51)30-26-22-21-24-28-40-41(43(49)35-42(40)48)32-31-38(47)27-23-9-7-2/h21,24,31-32,38-41,43,47,49H,6-20,22-23,25-30,33-37H2,1-5H3/b24-21-,32-31+/t38-,39+,40+,41+,43+/m0/s1. The van der Waals surface area contributed by atoms with Crippen molar-refractivity contribution < 1.29 is 57.1 Å². The zero-order valence-corrected chi connectivity index (χ0v) is 37.9. The molecule has 1 fully saturated rings. The van der Waals surface area contributed by atoms with Gasteiger partial charge < -0.3 is 38.1 Å². The fourth-order valence-corrected chi connectivity index (χ4v) is 7.66. The van der Waals surface area contributed by atoms with E-state index in [9.17, 15) is 34.1 Å². The van der Waals surface area contributed by atoms with E-state index in [0.29, 0.717) is 43.1 Å². The first-order valence-corrected chi connectivity index (χ1v) is 24.1. The van der Waals surface area contributed by atoms with Gasteiger partial charge in [0.2, 0.25) is 0 Å². The van der Waals surface area contributed by atoms with Gasteiger partial charge in [-0.3, -0.25) is 18.9 Å². The Balaban J connectivity index is 2.51. The fraction of sp³-hybridized carbons (Fsp3) is 0.844. The number of unbranched alkanes of at least 4 members (excludes halogenated alkanes) is 16. The Morgan fingerprint density at radius 2 is 1.38 bits per heavy atom. The van der Waals surface area contributed by atoms with Crippen LogP contribution in [-0.4, -0.2) is 98.2 Å². The molecule has 6 atom stereocenters. The van der Waals surface area contributed by atoms with Crippen LogP contribution in [0, 0.1) is 11.8 Å². The highest BCUT2D eigenvalue weighted by Gasteiger charge is 2.39. The molecule has 0 spiro atoms. The number of quaternary nitrogens is 1. The molecule has 1 saturated carbocycles. The van der Waals surface area contributed by atoms with Gasteiger partial charge in [-0.15, -0.1) is 0 Å². The second-order valence-corrected chi connectivity index (χ2v) is 18.6. The number of nitrogens with zero attached hydrogens (tertiary/aromatic N) is 1. The number of carbonyl (C=O) groups is 3. The van der Waals surface area contributed by atoms with Crippen LogP contribution in [0.2, 0.25) is 0 Å². The molecule has 58 heavy (non-hydrogen) atoms.